The van der Waals surface area contributed by atoms with Gasteiger partial charge in [0.05, 0.1) is 13.3 Å². The van der Waals surface area contributed by atoms with Crippen LogP contribution in [0.2, 0.25) is 0 Å². The summed E-state index contributed by atoms with van der Waals surface area (Å²) in [5.41, 5.74) is 3.62. The van der Waals surface area contributed by atoms with Crippen LogP contribution in [0.25, 0.3) is 0 Å². The van der Waals surface area contributed by atoms with Crippen LogP contribution in [0.4, 0.5) is 17.1 Å². The quantitative estimate of drug-likeness (QED) is 0.527. The predicted molar refractivity (Wildman–Crippen MR) is 114 cm³/mol. The predicted octanol–water partition coefficient (Wildman–Crippen LogP) is 5.44. The van der Waals surface area contributed by atoms with E-state index in [0.29, 0.717) is 0 Å². The summed E-state index contributed by atoms with van der Waals surface area (Å²) in [7, 11) is 4.28. The molecule has 3 rings (SSSR count). The Balaban J connectivity index is 0.00000243. The summed E-state index contributed by atoms with van der Waals surface area (Å²) in [4.78, 5) is 6.90. The Kier molecular flexibility index (Phi) is 7.24. The maximum absolute atomic E-state index is 2.33. The minimum absolute atomic E-state index is 0. The molecule has 0 saturated carbocycles. The first-order valence-corrected chi connectivity index (χ1v) is 8.56. The maximum Gasteiger partial charge on any atom is 0.0768 e. The van der Waals surface area contributed by atoms with Gasteiger partial charge in [-0.15, -0.1) is 0 Å². The molecule has 0 atom stereocenters. The van der Waals surface area contributed by atoms with Gasteiger partial charge in [0, 0.05) is 24.1 Å². The number of nitrogens with zero attached hydrogens (tertiary/aromatic N) is 3. The Morgan fingerprint density at radius 1 is 0.538 bits per heavy atom. The zero-order valence-corrected chi connectivity index (χ0v) is 14.9. The molecule has 0 radical (unpaired) electrons. The van der Waals surface area contributed by atoms with E-state index in [1.54, 1.807) is 0 Å². The van der Waals surface area contributed by atoms with E-state index in [2.05, 4.69) is 114 Å². The van der Waals surface area contributed by atoms with Crippen LogP contribution in [-0.2, 0) is 0 Å². The van der Waals surface area contributed by atoms with Crippen LogP contribution in [-0.4, -0.2) is 32.3 Å². The van der Waals surface area contributed by atoms with E-state index in [1.165, 1.54) is 17.1 Å². The zero-order chi connectivity index (χ0) is 17.5. The molecule has 0 unspecified atom stereocenters. The second-order valence-electron chi connectivity index (χ2n) is 6.27. The molecule has 0 saturated heterocycles. The average molecular weight is 348 g/mol. The fraction of sp³-hybridized carbons (Fsp3) is 0.217. The van der Waals surface area contributed by atoms with Crippen molar-refractivity contribution in [2.45, 2.75) is 7.43 Å². The van der Waals surface area contributed by atoms with Gasteiger partial charge in [0.25, 0.3) is 0 Å². The van der Waals surface area contributed by atoms with Gasteiger partial charge in [-0.05, 0) is 43.4 Å². The van der Waals surface area contributed by atoms with Crippen molar-refractivity contribution in [2.75, 3.05) is 37.2 Å². The van der Waals surface area contributed by atoms with Gasteiger partial charge < -0.3 is 9.80 Å². The number of hydrogen-bond donors (Lipinski definition) is 0. The van der Waals surface area contributed by atoms with Crippen molar-refractivity contribution in [3.05, 3.63) is 91.0 Å². The summed E-state index contributed by atoms with van der Waals surface area (Å²) in [6.45, 7) is 1.66. The fourth-order valence-corrected chi connectivity index (χ4v) is 2.94. The van der Waals surface area contributed by atoms with Crippen LogP contribution in [0.3, 0.4) is 0 Å². The Labute approximate surface area is 158 Å². The number of rotatable bonds is 7. The molecule has 26 heavy (non-hydrogen) atoms. The lowest BCUT2D eigenvalue weighted by molar-refractivity contribution is 0.346. The van der Waals surface area contributed by atoms with Crippen molar-refractivity contribution >= 4 is 17.1 Å². The summed E-state index contributed by atoms with van der Waals surface area (Å²) in [5, 5.41) is 0. The lowest BCUT2D eigenvalue weighted by atomic mass is 10.2. The molecule has 136 valence electrons. The van der Waals surface area contributed by atoms with Crippen LogP contribution in [0.1, 0.15) is 7.43 Å². The molecule has 0 aliphatic rings. The SMILES string of the molecule is C.CN(CN(C)c1ccccc1)CN(c1ccccc1)c1ccccc1. The topological polar surface area (TPSA) is 9.72 Å². The van der Waals surface area contributed by atoms with Crippen molar-refractivity contribution in [3.8, 4) is 0 Å². The van der Waals surface area contributed by atoms with Gasteiger partial charge in [-0.25, -0.2) is 0 Å². The summed E-state index contributed by atoms with van der Waals surface area (Å²) >= 11 is 0. The number of anilines is 3. The second-order valence-corrected chi connectivity index (χ2v) is 6.27. The van der Waals surface area contributed by atoms with Crippen LogP contribution < -0.4 is 9.80 Å². The minimum Gasteiger partial charge on any atom is -0.362 e. The third-order valence-corrected chi connectivity index (χ3v) is 4.17. The molecule has 3 nitrogen and oxygen atoms in total. The van der Waals surface area contributed by atoms with Crippen molar-refractivity contribution in [2.24, 2.45) is 0 Å². The number of hydrogen-bond acceptors (Lipinski definition) is 3. The van der Waals surface area contributed by atoms with Gasteiger partial charge in [0.2, 0.25) is 0 Å². The summed E-state index contributed by atoms with van der Waals surface area (Å²) in [6, 6.07) is 31.5. The van der Waals surface area contributed by atoms with Gasteiger partial charge in [-0.3, -0.25) is 4.90 Å². The molecule has 0 aliphatic heterocycles. The first kappa shape index (κ1) is 19.5. The smallest absolute Gasteiger partial charge is 0.0768 e. The third-order valence-electron chi connectivity index (χ3n) is 4.17. The highest BCUT2D eigenvalue weighted by atomic mass is 15.4. The van der Waals surface area contributed by atoms with Gasteiger partial charge in [0.15, 0.2) is 0 Å². The maximum atomic E-state index is 2.33. The number of benzene rings is 3. The molecule has 3 heteroatoms. The van der Waals surface area contributed by atoms with Gasteiger partial charge >= 0.3 is 0 Å². The lowest BCUT2D eigenvalue weighted by Crippen LogP contribution is -2.39. The Hall–Kier alpha value is -2.78. The molecule has 0 aromatic heterocycles. The highest BCUT2D eigenvalue weighted by Gasteiger charge is 2.12. The largest absolute Gasteiger partial charge is 0.362 e. The fourth-order valence-electron chi connectivity index (χ4n) is 2.94. The van der Waals surface area contributed by atoms with E-state index in [-0.39, 0.29) is 7.43 Å². The van der Waals surface area contributed by atoms with Crippen molar-refractivity contribution < 1.29 is 0 Å². The highest BCUT2D eigenvalue weighted by molar-refractivity contribution is 5.62. The zero-order valence-electron chi connectivity index (χ0n) is 14.9. The summed E-state index contributed by atoms with van der Waals surface area (Å²) < 4.78 is 0. The minimum atomic E-state index is 0. The van der Waals surface area contributed by atoms with Crippen LogP contribution >= 0.6 is 0 Å². The van der Waals surface area contributed by atoms with E-state index < -0.39 is 0 Å². The summed E-state index contributed by atoms with van der Waals surface area (Å²) in [6.07, 6.45) is 0. The van der Waals surface area contributed by atoms with Crippen molar-refractivity contribution in [1.82, 2.24) is 4.90 Å². The molecule has 0 amide bonds. The first-order chi connectivity index (χ1) is 12.2. The van der Waals surface area contributed by atoms with E-state index in [1.807, 2.05) is 6.07 Å². The molecule has 3 aromatic carbocycles. The van der Waals surface area contributed by atoms with Gasteiger partial charge in [-0.1, -0.05) is 62.0 Å². The van der Waals surface area contributed by atoms with E-state index in [9.17, 15) is 0 Å². The molecule has 0 heterocycles. The number of para-hydroxylation sites is 3. The van der Waals surface area contributed by atoms with Crippen molar-refractivity contribution in [3.63, 3.8) is 0 Å². The van der Waals surface area contributed by atoms with E-state index in [0.717, 1.165) is 13.3 Å². The van der Waals surface area contributed by atoms with E-state index >= 15 is 0 Å². The standard InChI is InChI=1S/C22H25N3.CH4/c1-23(18-24(2)20-12-6-3-7-13-20)19-25(21-14-8-4-9-15-21)22-16-10-5-11-17-22;/h3-17H,18-19H2,1-2H3;1H4. The molecule has 0 spiro atoms. The second kappa shape index (κ2) is 9.64. The highest BCUT2D eigenvalue weighted by Crippen LogP contribution is 2.25. The average Bonchev–Trinajstić information content (AvgIpc) is 2.68. The lowest BCUT2D eigenvalue weighted by Gasteiger charge is -2.33. The van der Waals surface area contributed by atoms with Crippen molar-refractivity contribution in [1.29, 1.82) is 0 Å². The van der Waals surface area contributed by atoms with Gasteiger partial charge in [-0.2, -0.15) is 0 Å². The van der Waals surface area contributed by atoms with Crippen LogP contribution in [0, 0.1) is 0 Å². The van der Waals surface area contributed by atoms with Crippen LogP contribution in [0.15, 0.2) is 91.0 Å². The monoisotopic (exact) mass is 347 g/mol. The first-order valence-electron chi connectivity index (χ1n) is 8.56. The van der Waals surface area contributed by atoms with E-state index in [4.69, 9.17) is 0 Å². The summed E-state index contributed by atoms with van der Waals surface area (Å²) in [5.74, 6) is 0. The Bertz CT molecular complexity index is 705. The molecular formula is C23H29N3. The molecule has 0 bridgehead atoms. The molecule has 0 N–H and O–H groups in total. The Morgan fingerprint density at radius 3 is 1.35 bits per heavy atom. The normalized spacial score (nSPS) is 10.3. The molecule has 0 fully saturated rings. The molecular weight excluding hydrogens is 318 g/mol. The molecule has 0 aliphatic carbocycles. The third kappa shape index (κ3) is 5.11. The Morgan fingerprint density at radius 2 is 0.923 bits per heavy atom. The van der Waals surface area contributed by atoms with Crippen LogP contribution in [0.5, 0.6) is 0 Å². The van der Waals surface area contributed by atoms with Gasteiger partial charge in [0.1, 0.15) is 0 Å². The molecule has 3 aromatic rings.